The van der Waals surface area contributed by atoms with Crippen LogP contribution in [-0.2, 0) is 9.59 Å². The molecule has 0 spiro atoms. The number of hydrogen-bond donors (Lipinski definition) is 2. The highest BCUT2D eigenvalue weighted by molar-refractivity contribution is 6.35. The first-order chi connectivity index (χ1) is 10.5. The van der Waals surface area contributed by atoms with Gasteiger partial charge in [0.05, 0.1) is 20.4 Å². The van der Waals surface area contributed by atoms with Crippen LogP contribution < -0.4 is 20.2 Å². The van der Waals surface area contributed by atoms with Gasteiger partial charge >= 0.3 is 11.8 Å². The number of ether oxygens (including phenoxy) is 2. The predicted octanol–water partition coefficient (Wildman–Crippen LogP) is 0.926. The second-order valence-electron chi connectivity index (χ2n) is 4.92. The maximum absolute atomic E-state index is 11.5. The third kappa shape index (κ3) is 5.43. The second kappa shape index (κ2) is 8.66. The lowest BCUT2D eigenvalue weighted by Crippen LogP contribution is -2.39. The molecule has 0 bridgehead atoms. The molecule has 2 amide bonds. The summed E-state index contributed by atoms with van der Waals surface area (Å²) in [5.74, 6) is -0.105. The molecule has 120 valence electrons. The molecule has 7 heteroatoms. The largest absolute Gasteiger partial charge is 0.493 e. The van der Waals surface area contributed by atoms with Crippen molar-refractivity contribution in [3.05, 3.63) is 23.8 Å². The van der Waals surface area contributed by atoms with Crippen molar-refractivity contribution in [2.75, 3.05) is 20.8 Å². The highest BCUT2D eigenvalue weighted by Gasteiger charge is 2.12. The van der Waals surface area contributed by atoms with Crippen LogP contribution in [0.15, 0.2) is 23.3 Å². The molecule has 0 saturated heterocycles. The van der Waals surface area contributed by atoms with Crippen molar-refractivity contribution in [1.82, 2.24) is 10.7 Å². The zero-order valence-corrected chi connectivity index (χ0v) is 13.2. The molecule has 0 saturated carbocycles. The van der Waals surface area contributed by atoms with Gasteiger partial charge in [0.2, 0.25) is 0 Å². The summed E-state index contributed by atoms with van der Waals surface area (Å²) in [5, 5.41) is 6.24. The summed E-state index contributed by atoms with van der Waals surface area (Å²) in [4.78, 5) is 22.9. The van der Waals surface area contributed by atoms with E-state index in [1.807, 2.05) is 13.8 Å². The van der Waals surface area contributed by atoms with Crippen LogP contribution in [0.4, 0.5) is 0 Å². The molecule has 0 aromatic heterocycles. The first-order valence-corrected chi connectivity index (χ1v) is 6.81. The molecule has 0 aliphatic rings. The van der Waals surface area contributed by atoms with Crippen LogP contribution in [-0.4, -0.2) is 38.8 Å². The average Bonchev–Trinajstić information content (AvgIpc) is 2.52. The van der Waals surface area contributed by atoms with Crippen molar-refractivity contribution >= 4 is 18.0 Å². The Labute approximate surface area is 129 Å². The van der Waals surface area contributed by atoms with Gasteiger partial charge in [0.15, 0.2) is 11.5 Å². The first-order valence-electron chi connectivity index (χ1n) is 6.81. The topological polar surface area (TPSA) is 89.0 Å². The third-order valence-corrected chi connectivity index (χ3v) is 2.66. The van der Waals surface area contributed by atoms with E-state index < -0.39 is 11.8 Å². The fourth-order valence-corrected chi connectivity index (χ4v) is 1.53. The number of carbonyl (C=O) groups excluding carboxylic acids is 2. The van der Waals surface area contributed by atoms with Crippen molar-refractivity contribution in [2.24, 2.45) is 11.0 Å². The van der Waals surface area contributed by atoms with Gasteiger partial charge in [-0.1, -0.05) is 13.8 Å². The van der Waals surface area contributed by atoms with Gasteiger partial charge in [0.25, 0.3) is 0 Å². The number of hydrogen-bond acceptors (Lipinski definition) is 5. The van der Waals surface area contributed by atoms with E-state index in [9.17, 15) is 9.59 Å². The molecule has 0 atom stereocenters. The molecular formula is C15H21N3O4. The minimum atomic E-state index is -0.808. The number of rotatable bonds is 6. The van der Waals surface area contributed by atoms with Gasteiger partial charge < -0.3 is 14.8 Å². The highest BCUT2D eigenvalue weighted by Crippen LogP contribution is 2.26. The van der Waals surface area contributed by atoms with E-state index in [0.717, 1.165) is 0 Å². The van der Waals surface area contributed by atoms with Crippen molar-refractivity contribution in [2.45, 2.75) is 13.8 Å². The molecule has 7 nitrogen and oxygen atoms in total. The number of carbonyl (C=O) groups is 2. The van der Waals surface area contributed by atoms with Crippen molar-refractivity contribution in [3.8, 4) is 11.5 Å². The molecule has 22 heavy (non-hydrogen) atoms. The van der Waals surface area contributed by atoms with E-state index in [0.29, 0.717) is 23.6 Å². The van der Waals surface area contributed by atoms with Gasteiger partial charge in [0.1, 0.15) is 0 Å². The van der Waals surface area contributed by atoms with E-state index in [4.69, 9.17) is 9.47 Å². The molecule has 2 N–H and O–H groups in total. The van der Waals surface area contributed by atoms with Gasteiger partial charge in [-0.25, -0.2) is 5.43 Å². The Morgan fingerprint density at radius 1 is 1.18 bits per heavy atom. The van der Waals surface area contributed by atoms with Crippen LogP contribution in [0.5, 0.6) is 11.5 Å². The molecule has 0 unspecified atom stereocenters. The van der Waals surface area contributed by atoms with Crippen molar-refractivity contribution in [3.63, 3.8) is 0 Å². The number of nitrogens with zero attached hydrogens (tertiary/aromatic N) is 1. The molecule has 0 radical (unpaired) electrons. The van der Waals surface area contributed by atoms with E-state index in [1.54, 1.807) is 25.3 Å². The molecule has 1 aromatic rings. The number of benzene rings is 1. The number of hydrazone groups is 1. The summed E-state index contributed by atoms with van der Waals surface area (Å²) in [6, 6.07) is 5.17. The summed E-state index contributed by atoms with van der Waals surface area (Å²) in [5.41, 5.74) is 2.86. The minimum absolute atomic E-state index is 0.270. The highest BCUT2D eigenvalue weighted by atomic mass is 16.5. The smallest absolute Gasteiger partial charge is 0.329 e. The second-order valence-corrected chi connectivity index (χ2v) is 4.92. The Balaban J connectivity index is 2.58. The van der Waals surface area contributed by atoms with Gasteiger partial charge in [-0.2, -0.15) is 5.10 Å². The summed E-state index contributed by atoms with van der Waals surface area (Å²) >= 11 is 0. The lowest BCUT2D eigenvalue weighted by Gasteiger charge is -2.07. The van der Waals surface area contributed by atoms with E-state index in [1.165, 1.54) is 13.3 Å². The maximum atomic E-state index is 11.5. The Morgan fingerprint density at radius 3 is 2.45 bits per heavy atom. The lowest BCUT2D eigenvalue weighted by molar-refractivity contribution is -0.139. The van der Waals surface area contributed by atoms with Crippen LogP contribution >= 0.6 is 0 Å². The van der Waals surface area contributed by atoms with Gasteiger partial charge in [-0.05, 0) is 29.7 Å². The molecule has 0 aliphatic carbocycles. The van der Waals surface area contributed by atoms with Crippen LogP contribution in [0.1, 0.15) is 19.4 Å². The molecule has 0 heterocycles. The van der Waals surface area contributed by atoms with Gasteiger partial charge in [-0.3, -0.25) is 9.59 Å². The first kappa shape index (κ1) is 17.5. The standard InChI is InChI=1S/C15H21N3O4/c1-10(2)8-16-14(19)15(20)18-17-9-11-5-6-12(21-3)13(7-11)22-4/h5-7,9-10H,8H2,1-4H3,(H,16,19)(H,18,20)/b17-9+. The molecule has 1 aromatic carbocycles. The lowest BCUT2D eigenvalue weighted by atomic mass is 10.2. The van der Waals surface area contributed by atoms with Gasteiger partial charge in [-0.15, -0.1) is 0 Å². The van der Waals surface area contributed by atoms with E-state index >= 15 is 0 Å². The van der Waals surface area contributed by atoms with Crippen LogP contribution in [0.3, 0.4) is 0 Å². The number of amides is 2. The summed E-state index contributed by atoms with van der Waals surface area (Å²) < 4.78 is 10.3. The SMILES string of the molecule is COc1ccc(/C=N/NC(=O)C(=O)NCC(C)C)cc1OC. The Bertz CT molecular complexity index is 556. The zero-order chi connectivity index (χ0) is 16.5. The zero-order valence-electron chi connectivity index (χ0n) is 13.2. The Hall–Kier alpha value is -2.57. The third-order valence-electron chi connectivity index (χ3n) is 2.66. The molecule has 1 rings (SSSR count). The van der Waals surface area contributed by atoms with E-state index in [-0.39, 0.29) is 5.92 Å². The monoisotopic (exact) mass is 307 g/mol. The summed E-state index contributed by atoms with van der Waals surface area (Å²) in [7, 11) is 3.07. The molecule has 0 aliphatic heterocycles. The number of methoxy groups -OCH3 is 2. The fraction of sp³-hybridized carbons (Fsp3) is 0.400. The molecular weight excluding hydrogens is 286 g/mol. The fourth-order valence-electron chi connectivity index (χ4n) is 1.53. The Kier molecular flexibility index (Phi) is 6.88. The minimum Gasteiger partial charge on any atom is -0.493 e. The van der Waals surface area contributed by atoms with Crippen LogP contribution in [0, 0.1) is 5.92 Å². The summed E-state index contributed by atoms with van der Waals surface area (Å²) in [6.07, 6.45) is 1.41. The average molecular weight is 307 g/mol. The maximum Gasteiger partial charge on any atom is 0.329 e. The Morgan fingerprint density at radius 2 is 1.86 bits per heavy atom. The van der Waals surface area contributed by atoms with E-state index in [2.05, 4.69) is 15.8 Å². The number of nitrogens with one attached hydrogen (secondary N) is 2. The predicted molar refractivity (Wildman–Crippen MR) is 83.1 cm³/mol. The summed E-state index contributed by atoms with van der Waals surface area (Å²) in [6.45, 7) is 4.31. The van der Waals surface area contributed by atoms with Crippen molar-refractivity contribution < 1.29 is 19.1 Å². The molecule has 0 fully saturated rings. The van der Waals surface area contributed by atoms with Crippen LogP contribution in [0.25, 0.3) is 0 Å². The van der Waals surface area contributed by atoms with Gasteiger partial charge in [0, 0.05) is 6.54 Å². The normalized spacial score (nSPS) is 10.6. The van der Waals surface area contributed by atoms with Crippen LogP contribution in [0.2, 0.25) is 0 Å². The van der Waals surface area contributed by atoms with Crippen molar-refractivity contribution in [1.29, 1.82) is 0 Å². The quantitative estimate of drug-likeness (QED) is 0.465.